The summed E-state index contributed by atoms with van der Waals surface area (Å²) in [5, 5.41) is 0.476. The summed E-state index contributed by atoms with van der Waals surface area (Å²) in [5.41, 5.74) is -0.442. The molecule has 0 heterocycles. The van der Waals surface area contributed by atoms with Gasteiger partial charge in [-0.3, -0.25) is 0 Å². The number of para-hydroxylation sites is 1. The molecule has 0 amide bonds. The number of ether oxygens (including phenoxy) is 2. The molecule has 1 atom stereocenters. The monoisotopic (exact) mass is 420 g/mol. The van der Waals surface area contributed by atoms with E-state index < -0.39 is 17.7 Å². The van der Waals surface area contributed by atoms with Crippen LogP contribution in [0.1, 0.15) is 18.1 Å². The molecule has 0 saturated heterocycles. The first-order valence-electron chi connectivity index (χ1n) is 9.02. The fraction of sp³-hybridized carbons (Fsp3) is 0.217. The Balaban J connectivity index is 1.68. The minimum Gasteiger partial charge on any atom is -0.454 e. The van der Waals surface area contributed by atoms with Gasteiger partial charge in [0.2, 0.25) is 6.43 Å². The quantitative estimate of drug-likeness (QED) is 0.390. The largest absolute Gasteiger partial charge is 0.454 e. The summed E-state index contributed by atoms with van der Waals surface area (Å²) in [6, 6.07) is 19.4. The van der Waals surface area contributed by atoms with Crippen LogP contribution in [-0.4, -0.2) is 13.0 Å². The van der Waals surface area contributed by atoms with Crippen LogP contribution < -0.4 is 4.74 Å². The number of hydrogen-bond donors (Lipinski definition) is 0. The van der Waals surface area contributed by atoms with Crippen molar-refractivity contribution in [1.82, 2.24) is 0 Å². The van der Waals surface area contributed by atoms with Crippen molar-refractivity contribution in [3.63, 3.8) is 0 Å². The third kappa shape index (κ3) is 5.31. The fourth-order valence-electron chi connectivity index (χ4n) is 2.82. The van der Waals surface area contributed by atoms with Gasteiger partial charge < -0.3 is 9.47 Å². The second-order valence-corrected chi connectivity index (χ2v) is 7.33. The number of halogens is 4. The van der Waals surface area contributed by atoms with Crippen LogP contribution in [0.3, 0.4) is 0 Å². The summed E-state index contributed by atoms with van der Waals surface area (Å²) in [6.45, 7) is 1.27. The smallest absolute Gasteiger partial charge is 0.250 e. The number of rotatable bonds is 8. The summed E-state index contributed by atoms with van der Waals surface area (Å²) in [4.78, 5) is 0. The lowest BCUT2D eigenvalue weighted by Crippen LogP contribution is -2.36. The molecule has 1 unspecified atom stereocenters. The lowest BCUT2D eigenvalue weighted by molar-refractivity contribution is -0.0128. The normalized spacial score (nSPS) is 13.3. The molecule has 3 rings (SSSR count). The minimum atomic E-state index is -2.63. The van der Waals surface area contributed by atoms with Gasteiger partial charge in [-0.2, -0.15) is 0 Å². The minimum absolute atomic E-state index is 0.0430. The highest BCUT2D eigenvalue weighted by molar-refractivity contribution is 6.30. The van der Waals surface area contributed by atoms with Gasteiger partial charge in [0.1, 0.15) is 5.75 Å². The first kappa shape index (κ1) is 21.2. The lowest BCUT2D eigenvalue weighted by Gasteiger charge is -2.29. The molecule has 152 valence electrons. The van der Waals surface area contributed by atoms with Crippen LogP contribution in [0, 0.1) is 5.82 Å². The highest BCUT2D eigenvalue weighted by Crippen LogP contribution is 2.33. The Labute approximate surface area is 172 Å². The Morgan fingerprint density at radius 2 is 1.66 bits per heavy atom. The molecule has 2 nitrogen and oxygen atoms in total. The molecule has 0 radical (unpaired) electrons. The second kappa shape index (κ2) is 9.33. The number of alkyl halides is 2. The summed E-state index contributed by atoms with van der Waals surface area (Å²) < 4.78 is 52.7. The van der Waals surface area contributed by atoms with Crippen LogP contribution in [0.5, 0.6) is 11.5 Å². The van der Waals surface area contributed by atoms with E-state index >= 15 is 0 Å². The second-order valence-electron chi connectivity index (χ2n) is 6.90. The average molecular weight is 421 g/mol. The molecule has 0 aliphatic rings. The highest BCUT2D eigenvalue weighted by atomic mass is 35.5. The van der Waals surface area contributed by atoms with Gasteiger partial charge in [0.05, 0.1) is 18.6 Å². The van der Waals surface area contributed by atoms with E-state index in [0.717, 1.165) is 0 Å². The predicted octanol–water partition coefficient (Wildman–Crippen LogP) is 7.01. The Morgan fingerprint density at radius 3 is 2.31 bits per heavy atom. The van der Waals surface area contributed by atoms with Crippen LogP contribution in [-0.2, 0) is 16.8 Å². The Bertz CT molecular complexity index is 933. The molecule has 29 heavy (non-hydrogen) atoms. The molecule has 0 fully saturated rings. The van der Waals surface area contributed by atoms with Crippen molar-refractivity contribution in [2.45, 2.75) is 25.4 Å². The molecule has 0 saturated carbocycles. The van der Waals surface area contributed by atoms with E-state index in [9.17, 15) is 13.2 Å². The van der Waals surface area contributed by atoms with E-state index in [-0.39, 0.29) is 19.0 Å². The van der Waals surface area contributed by atoms with Crippen molar-refractivity contribution in [2.24, 2.45) is 0 Å². The topological polar surface area (TPSA) is 18.5 Å². The molecule has 6 heteroatoms. The van der Waals surface area contributed by atoms with E-state index in [1.807, 2.05) is 6.07 Å². The standard InChI is InChI=1S/C23H20ClF3O2/c1-23(22(26)27,17-8-10-18(24)11-9-17)15-28-14-16-7-12-20(25)21(13-16)29-19-5-3-2-4-6-19/h2-13,22H,14-15H2,1H3. The summed E-state index contributed by atoms with van der Waals surface area (Å²) in [6.07, 6.45) is -2.63. The molecule has 0 aliphatic heterocycles. The SMILES string of the molecule is CC(COCc1ccc(F)c(Oc2ccccc2)c1)(c1ccc(Cl)cc1)C(F)F. The summed E-state index contributed by atoms with van der Waals surface area (Å²) in [5.74, 6) is 0.0280. The van der Waals surface area contributed by atoms with Crippen LogP contribution in [0.2, 0.25) is 5.02 Å². The predicted molar refractivity (Wildman–Crippen MR) is 107 cm³/mol. The van der Waals surface area contributed by atoms with Gasteiger partial charge in [0, 0.05) is 5.02 Å². The van der Waals surface area contributed by atoms with Crippen molar-refractivity contribution in [3.8, 4) is 11.5 Å². The third-order valence-corrected chi connectivity index (χ3v) is 4.87. The maximum atomic E-state index is 14.1. The van der Waals surface area contributed by atoms with E-state index in [2.05, 4.69) is 0 Å². The lowest BCUT2D eigenvalue weighted by atomic mass is 9.83. The van der Waals surface area contributed by atoms with Crippen molar-refractivity contribution in [3.05, 3.63) is 94.8 Å². The van der Waals surface area contributed by atoms with Crippen LogP contribution >= 0.6 is 11.6 Å². The molecule has 0 spiro atoms. The van der Waals surface area contributed by atoms with Crippen LogP contribution in [0.15, 0.2) is 72.8 Å². The van der Waals surface area contributed by atoms with Gasteiger partial charge in [-0.05, 0) is 54.4 Å². The fourth-order valence-corrected chi connectivity index (χ4v) is 2.94. The number of benzene rings is 3. The van der Waals surface area contributed by atoms with Crippen molar-refractivity contribution >= 4 is 11.6 Å². The maximum absolute atomic E-state index is 14.1. The first-order valence-corrected chi connectivity index (χ1v) is 9.39. The van der Waals surface area contributed by atoms with Gasteiger partial charge in [0.25, 0.3) is 0 Å². The van der Waals surface area contributed by atoms with E-state index in [4.69, 9.17) is 21.1 Å². The molecule has 3 aromatic carbocycles. The maximum Gasteiger partial charge on any atom is 0.250 e. The molecule has 3 aromatic rings. The van der Waals surface area contributed by atoms with Gasteiger partial charge in [-0.15, -0.1) is 0 Å². The van der Waals surface area contributed by atoms with Crippen molar-refractivity contribution in [2.75, 3.05) is 6.61 Å². The molecular formula is C23H20ClF3O2. The summed E-state index contributed by atoms with van der Waals surface area (Å²) in [7, 11) is 0. The first-order chi connectivity index (χ1) is 13.9. The van der Waals surface area contributed by atoms with Gasteiger partial charge in [0.15, 0.2) is 11.6 Å². The zero-order valence-electron chi connectivity index (χ0n) is 15.7. The molecule has 0 aliphatic carbocycles. The molecule has 0 N–H and O–H groups in total. The van der Waals surface area contributed by atoms with Crippen LogP contribution in [0.4, 0.5) is 13.2 Å². The summed E-state index contributed by atoms with van der Waals surface area (Å²) >= 11 is 5.85. The van der Waals surface area contributed by atoms with Crippen LogP contribution in [0.25, 0.3) is 0 Å². The Hall–Kier alpha value is -2.50. The van der Waals surface area contributed by atoms with Gasteiger partial charge >= 0.3 is 0 Å². The Kier molecular flexibility index (Phi) is 6.83. The van der Waals surface area contributed by atoms with Gasteiger partial charge in [-0.1, -0.05) is 48.0 Å². The van der Waals surface area contributed by atoms with Crippen molar-refractivity contribution < 1.29 is 22.6 Å². The third-order valence-electron chi connectivity index (χ3n) is 4.62. The average Bonchev–Trinajstić information content (AvgIpc) is 2.71. The zero-order chi connectivity index (χ0) is 20.9. The van der Waals surface area contributed by atoms with E-state index in [1.54, 1.807) is 48.5 Å². The van der Waals surface area contributed by atoms with Gasteiger partial charge in [-0.25, -0.2) is 13.2 Å². The molecule has 0 bridgehead atoms. The zero-order valence-corrected chi connectivity index (χ0v) is 16.5. The van der Waals surface area contributed by atoms with E-state index in [1.165, 1.54) is 25.1 Å². The highest BCUT2D eigenvalue weighted by Gasteiger charge is 2.37. The van der Waals surface area contributed by atoms with Crippen molar-refractivity contribution in [1.29, 1.82) is 0 Å². The molecule has 0 aromatic heterocycles. The Morgan fingerprint density at radius 1 is 0.966 bits per heavy atom. The number of hydrogen-bond acceptors (Lipinski definition) is 2. The van der Waals surface area contributed by atoms with E-state index in [0.29, 0.717) is 21.9 Å². The molecular weight excluding hydrogens is 401 g/mol.